The largest absolute Gasteiger partial charge is 0.598 e. The molecule has 1 aliphatic carbocycles. The number of hydrogen-bond donors (Lipinski definition) is 1. The van der Waals surface area contributed by atoms with Crippen LogP contribution in [0.15, 0.2) is 24.3 Å². The molecule has 25 heavy (non-hydrogen) atoms. The number of hydrogen-bond acceptors (Lipinski definition) is 4. The van der Waals surface area contributed by atoms with E-state index in [-0.39, 0.29) is 23.8 Å². The fourth-order valence-corrected chi connectivity index (χ4v) is 4.27. The zero-order valence-electron chi connectivity index (χ0n) is 15.4. The summed E-state index contributed by atoms with van der Waals surface area (Å²) in [5.74, 6) is -0.258. The summed E-state index contributed by atoms with van der Waals surface area (Å²) in [6.07, 6.45) is 3.20. The van der Waals surface area contributed by atoms with Crippen molar-refractivity contribution in [2.24, 2.45) is 0 Å². The van der Waals surface area contributed by atoms with Crippen LogP contribution in [0.5, 0.6) is 0 Å². The molecule has 0 heterocycles. The number of esters is 1. The van der Waals surface area contributed by atoms with Crippen molar-refractivity contribution in [3.05, 3.63) is 34.9 Å². The molecule has 1 aliphatic rings. The highest BCUT2D eigenvalue weighted by Crippen LogP contribution is 2.48. The molecule has 2 atom stereocenters. The van der Waals surface area contributed by atoms with Crippen LogP contribution in [0.4, 0.5) is 0 Å². The van der Waals surface area contributed by atoms with Crippen molar-refractivity contribution in [2.75, 3.05) is 6.61 Å². The Morgan fingerprint density at radius 2 is 1.96 bits per heavy atom. The van der Waals surface area contributed by atoms with Crippen LogP contribution in [0.3, 0.4) is 0 Å². The third-order valence-electron chi connectivity index (χ3n) is 4.81. The summed E-state index contributed by atoms with van der Waals surface area (Å²) in [7, 11) is 0. The minimum absolute atomic E-state index is 0.207. The zero-order chi connectivity index (χ0) is 18.7. The molecule has 0 amide bonds. The summed E-state index contributed by atoms with van der Waals surface area (Å²) >= 11 is 4.77. The lowest BCUT2D eigenvalue weighted by atomic mass is 9.59. The van der Waals surface area contributed by atoms with E-state index >= 15 is 0 Å². The van der Waals surface area contributed by atoms with E-state index in [9.17, 15) is 9.35 Å². The van der Waals surface area contributed by atoms with Gasteiger partial charge in [0.1, 0.15) is 4.75 Å². The Labute approximate surface area is 159 Å². The lowest BCUT2D eigenvalue weighted by molar-refractivity contribution is -0.144. The summed E-state index contributed by atoms with van der Waals surface area (Å²) in [6, 6.07) is 7.54. The first kappa shape index (κ1) is 20.6. The Morgan fingerprint density at radius 3 is 2.40 bits per heavy atom. The van der Waals surface area contributed by atoms with E-state index in [1.165, 1.54) is 0 Å². The van der Waals surface area contributed by atoms with E-state index in [4.69, 9.17) is 16.3 Å². The minimum atomic E-state index is -1.26. The van der Waals surface area contributed by atoms with Gasteiger partial charge in [-0.1, -0.05) is 30.2 Å². The van der Waals surface area contributed by atoms with Crippen LogP contribution in [-0.4, -0.2) is 27.9 Å². The molecule has 1 N–H and O–H groups in total. The molecule has 1 fully saturated rings. The van der Waals surface area contributed by atoms with Crippen molar-refractivity contribution in [1.29, 1.82) is 0 Å². The Bertz CT molecular complexity index is 581. The third-order valence-corrected chi connectivity index (χ3v) is 6.68. The monoisotopic (exact) mass is 385 g/mol. The van der Waals surface area contributed by atoms with Gasteiger partial charge >= 0.3 is 5.97 Å². The lowest BCUT2D eigenvalue weighted by Gasteiger charge is -2.48. The number of carbonyl (C=O) groups excluding carboxylic acids is 1. The van der Waals surface area contributed by atoms with Crippen LogP contribution in [0.1, 0.15) is 58.9 Å². The highest BCUT2D eigenvalue weighted by atomic mass is 35.5. The van der Waals surface area contributed by atoms with E-state index in [2.05, 4.69) is 4.72 Å². The van der Waals surface area contributed by atoms with Gasteiger partial charge in [-0.3, -0.25) is 4.79 Å². The summed E-state index contributed by atoms with van der Waals surface area (Å²) in [5.41, 5.74) is 0.925. The van der Waals surface area contributed by atoms with Crippen molar-refractivity contribution in [3.8, 4) is 0 Å². The number of halogens is 1. The molecular formula is C19H28ClNO3S. The number of benzene rings is 1. The first-order valence-corrected chi connectivity index (χ1v) is 10.3. The smallest absolute Gasteiger partial charge is 0.307 e. The van der Waals surface area contributed by atoms with Gasteiger partial charge in [0.2, 0.25) is 0 Å². The van der Waals surface area contributed by atoms with Crippen LogP contribution < -0.4 is 4.72 Å². The second-order valence-corrected chi connectivity index (χ2v) is 10.0. The minimum Gasteiger partial charge on any atom is -0.598 e. The quantitative estimate of drug-likeness (QED) is 0.566. The van der Waals surface area contributed by atoms with E-state index in [1.54, 1.807) is 6.92 Å². The highest BCUT2D eigenvalue weighted by Gasteiger charge is 2.49. The summed E-state index contributed by atoms with van der Waals surface area (Å²) in [4.78, 5) is 12.2. The molecule has 0 radical (unpaired) electrons. The molecule has 2 rings (SSSR count). The molecule has 1 aromatic carbocycles. The Kier molecular flexibility index (Phi) is 6.82. The van der Waals surface area contributed by atoms with Gasteiger partial charge in [0, 0.05) is 21.8 Å². The number of carbonyl (C=O) groups is 1. The van der Waals surface area contributed by atoms with Gasteiger partial charge in [-0.05, 0) is 58.2 Å². The number of nitrogens with one attached hydrogen (secondary N) is 1. The lowest BCUT2D eigenvalue weighted by Crippen LogP contribution is -2.57. The van der Waals surface area contributed by atoms with Gasteiger partial charge in [0.05, 0.1) is 19.1 Å². The molecule has 0 bridgehead atoms. The summed E-state index contributed by atoms with van der Waals surface area (Å²) in [5, 5.41) is 0.686. The van der Waals surface area contributed by atoms with E-state index in [1.807, 2.05) is 45.0 Å². The van der Waals surface area contributed by atoms with Crippen molar-refractivity contribution in [1.82, 2.24) is 4.72 Å². The van der Waals surface area contributed by atoms with E-state index in [0.29, 0.717) is 11.6 Å². The molecule has 0 aromatic heterocycles. The molecule has 0 spiro atoms. The van der Waals surface area contributed by atoms with Crippen LogP contribution in [0.25, 0.3) is 0 Å². The predicted molar refractivity (Wildman–Crippen MR) is 103 cm³/mol. The maximum atomic E-state index is 12.7. The zero-order valence-corrected chi connectivity index (χ0v) is 17.0. The Balaban J connectivity index is 2.30. The first-order valence-electron chi connectivity index (χ1n) is 8.79. The van der Waals surface area contributed by atoms with Gasteiger partial charge in [0.25, 0.3) is 0 Å². The molecule has 1 saturated carbocycles. The summed E-state index contributed by atoms with van der Waals surface area (Å²) in [6.45, 7) is 7.92. The fraction of sp³-hybridized carbons (Fsp3) is 0.632. The molecule has 6 heteroatoms. The molecular weight excluding hydrogens is 358 g/mol. The molecule has 140 valence electrons. The maximum absolute atomic E-state index is 12.7. The van der Waals surface area contributed by atoms with Crippen LogP contribution in [-0.2, 0) is 26.3 Å². The molecule has 0 saturated heterocycles. The van der Waals surface area contributed by atoms with Crippen molar-refractivity contribution >= 4 is 28.9 Å². The Hall–Kier alpha value is -0.750. The van der Waals surface area contributed by atoms with Gasteiger partial charge in [-0.15, -0.1) is 4.72 Å². The molecule has 0 aliphatic heterocycles. The SMILES string of the molecule is CCOC(=O)C[C@@H](N[S+]([O-])C(C)(C)C)C1(c2ccc(Cl)cc2)CCC1. The highest BCUT2D eigenvalue weighted by molar-refractivity contribution is 7.90. The fourth-order valence-electron chi connectivity index (χ4n) is 3.22. The summed E-state index contributed by atoms with van der Waals surface area (Å²) < 4.78 is 20.7. The average Bonchev–Trinajstić information content (AvgIpc) is 2.47. The number of rotatable bonds is 7. The maximum Gasteiger partial charge on any atom is 0.307 e. The van der Waals surface area contributed by atoms with Crippen molar-refractivity contribution in [2.45, 2.75) is 69.6 Å². The van der Waals surface area contributed by atoms with Crippen LogP contribution in [0, 0.1) is 0 Å². The van der Waals surface area contributed by atoms with Gasteiger partial charge in [-0.2, -0.15) is 0 Å². The van der Waals surface area contributed by atoms with Gasteiger partial charge in [0.15, 0.2) is 0 Å². The molecule has 1 unspecified atom stereocenters. The van der Waals surface area contributed by atoms with Crippen LogP contribution >= 0.6 is 11.6 Å². The predicted octanol–water partition coefficient (Wildman–Crippen LogP) is 4.14. The number of ether oxygens (including phenoxy) is 1. The second kappa shape index (κ2) is 8.30. The van der Waals surface area contributed by atoms with Gasteiger partial charge < -0.3 is 9.29 Å². The van der Waals surface area contributed by atoms with Crippen LogP contribution in [0.2, 0.25) is 5.02 Å². The normalized spacial score (nSPS) is 19.0. The average molecular weight is 386 g/mol. The van der Waals surface area contributed by atoms with E-state index < -0.39 is 16.1 Å². The second-order valence-electron chi connectivity index (χ2n) is 7.58. The molecule has 1 aromatic rings. The Morgan fingerprint density at radius 1 is 1.36 bits per heavy atom. The van der Waals surface area contributed by atoms with Crippen molar-refractivity contribution < 1.29 is 14.1 Å². The van der Waals surface area contributed by atoms with E-state index in [0.717, 1.165) is 24.8 Å². The third kappa shape index (κ3) is 4.91. The van der Waals surface area contributed by atoms with Crippen molar-refractivity contribution in [3.63, 3.8) is 0 Å². The van der Waals surface area contributed by atoms with Gasteiger partial charge in [-0.25, -0.2) is 0 Å². The first-order chi connectivity index (χ1) is 11.7. The molecule has 4 nitrogen and oxygen atoms in total. The standard InChI is InChI=1S/C19H28ClNO3S/c1-5-24-17(22)13-16(21-25(23)18(2,3)4)19(11-6-12-19)14-7-9-15(20)10-8-14/h7-10,16,21H,5-6,11-13H2,1-4H3/t16-,25?/m1/s1. The topological polar surface area (TPSA) is 61.4 Å².